The Labute approximate surface area is 113 Å². The molecule has 2 atom stereocenters. The second-order valence-electron chi connectivity index (χ2n) is 6.28. The zero-order valence-corrected chi connectivity index (χ0v) is 11.8. The minimum Gasteiger partial charge on any atom is -0.480 e. The van der Waals surface area contributed by atoms with Gasteiger partial charge in [-0.05, 0) is 40.2 Å². The highest BCUT2D eigenvalue weighted by Gasteiger charge is 2.43. The summed E-state index contributed by atoms with van der Waals surface area (Å²) in [5, 5.41) is 9.30. The Hall–Kier alpha value is -1.30. The normalized spacial score (nSPS) is 28.1. The highest BCUT2D eigenvalue weighted by atomic mass is 16.6. The maximum Gasteiger partial charge on any atom is 0.411 e. The fraction of sp³-hybridized carbons (Fsp3) is 0.846. The van der Waals surface area contributed by atoms with Crippen LogP contribution in [0.15, 0.2) is 0 Å². The van der Waals surface area contributed by atoms with Gasteiger partial charge in [0.1, 0.15) is 11.6 Å². The molecule has 1 amide bonds. The van der Waals surface area contributed by atoms with E-state index < -0.39 is 23.7 Å². The molecular weight excluding hydrogens is 248 g/mol. The molecule has 6 heteroatoms. The predicted octanol–water partition coefficient (Wildman–Crippen LogP) is 1.15. The molecule has 2 saturated heterocycles. The number of ether oxygens (including phenoxy) is 1. The van der Waals surface area contributed by atoms with Crippen molar-refractivity contribution >= 4 is 12.1 Å². The Balaban J connectivity index is 2.11. The number of fused-ring (bicyclic) bond motifs is 1. The largest absolute Gasteiger partial charge is 0.480 e. The summed E-state index contributed by atoms with van der Waals surface area (Å²) in [5.74, 6) is -0.962. The molecule has 2 aliphatic heterocycles. The molecule has 0 unspecified atom stereocenters. The summed E-state index contributed by atoms with van der Waals surface area (Å²) in [6.45, 7) is 7.13. The number of rotatable bonds is 1. The molecule has 0 aliphatic carbocycles. The number of carboxylic acids is 1. The molecule has 0 radical (unpaired) electrons. The van der Waals surface area contributed by atoms with Gasteiger partial charge in [-0.3, -0.25) is 9.80 Å². The lowest BCUT2D eigenvalue weighted by Gasteiger charge is -2.41. The first-order valence-electron chi connectivity index (χ1n) is 6.74. The SMILES string of the molecule is CC(C)(C)OC(=O)N1C[C@H]2CCCN2C[C@H]1C(=O)O. The summed E-state index contributed by atoms with van der Waals surface area (Å²) in [5.41, 5.74) is -0.604. The van der Waals surface area contributed by atoms with Crippen molar-refractivity contribution in [1.29, 1.82) is 0 Å². The molecule has 0 aromatic rings. The van der Waals surface area contributed by atoms with E-state index in [9.17, 15) is 14.7 Å². The van der Waals surface area contributed by atoms with Crippen LogP contribution in [0.1, 0.15) is 33.6 Å². The molecule has 1 N–H and O–H groups in total. The number of piperazine rings is 1. The van der Waals surface area contributed by atoms with Crippen LogP contribution in [0.5, 0.6) is 0 Å². The zero-order valence-electron chi connectivity index (χ0n) is 11.8. The number of carbonyl (C=O) groups is 2. The van der Waals surface area contributed by atoms with E-state index in [1.54, 1.807) is 20.8 Å². The number of aliphatic carboxylic acids is 1. The Kier molecular flexibility index (Phi) is 3.71. The highest BCUT2D eigenvalue weighted by Crippen LogP contribution is 2.26. The van der Waals surface area contributed by atoms with Gasteiger partial charge in [-0.25, -0.2) is 9.59 Å². The van der Waals surface area contributed by atoms with Crippen LogP contribution >= 0.6 is 0 Å². The Morgan fingerprint density at radius 2 is 1.95 bits per heavy atom. The van der Waals surface area contributed by atoms with Crippen LogP contribution in [0.4, 0.5) is 4.79 Å². The number of hydrogen-bond donors (Lipinski definition) is 1. The third-order valence-corrected chi connectivity index (χ3v) is 3.60. The van der Waals surface area contributed by atoms with Gasteiger partial charge < -0.3 is 9.84 Å². The van der Waals surface area contributed by atoms with E-state index in [2.05, 4.69) is 4.90 Å². The van der Waals surface area contributed by atoms with E-state index in [1.807, 2.05) is 0 Å². The van der Waals surface area contributed by atoms with E-state index in [1.165, 1.54) is 4.90 Å². The summed E-state index contributed by atoms with van der Waals surface area (Å²) in [6.07, 6.45) is 1.57. The van der Waals surface area contributed by atoms with E-state index in [0.29, 0.717) is 13.1 Å². The number of nitrogens with zero attached hydrogens (tertiary/aromatic N) is 2. The van der Waals surface area contributed by atoms with Gasteiger partial charge in [-0.2, -0.15) is 0 Å². The Morgan fingerprint density at radius 3 is 2.53 bits per heavy atom. The lowest BCUT2D eigenvalue weighted by atomic mass is 10.1. The monoisotopic (exact) mass is 270 g/mol. The van der Waals surface area contributed by atoms with Crippen molar-refractivity contribution in [3.63, 3.8) is 0 Å². The average Bonchev–Trinajstić information content (AvgIpc) is 2.71. The van der Waals surface area contributed by atoms with Crippen LogP contribution in [-0.4, -0.2) is 64.3 Å². The van der Waals surface area contributed by atoms with Crippen LogP contribution < -0.4 is 0 Å². The molecule has 6 nitrogen and oxygen atoms in total. The topological polar surface area (TPSA) is 70.1 Å². The van der Waals surface area contributed by atoms with Crippen molar-refractivity contribution in [3.05, 3.63) is 0 Å². The highest BCUT2D eigenvalue weighted by molar-refractivity contribution is 5.80. The molecule has 0 spiro atoms. The summed E-state index contributed by atoms with van der Waals surface area (Å²) in [6, 6.07) is -0.521. The smallest absolute Gasteiger partial charge is 0.411 e. The van der Waals surface area contributed by atoms with E-state index >= 15 is 0 Å². The maximum absolute atomic E-state index is 12.1. The first-order valence-corrected chi connectivity index (χ1v) is 6.74. The van der Waals surface area contributed by atoms with Gasteiger partial charge in [0, 0.05) is 19.1 Å². The van der Waals surface area contributed by atoms with Crippen molar-refractivity contribution in [3.8, 4) is 0 Å². The summed E-state index contributed by atoms with van der Waals surface area (Å²) in [4.78, 5) is 27.0. The van der Waals surface area contributed by atoms with Gasteiger partial charge in [0.05, 0.1) is 0 Å². The van der Waals surface area contributed by atoms with Gasteiger partial charge in [0.2, 0.25) is 0 Å². The van der Waals surface area contributed by atoms with Crippen LogP contribution in [0.25, 0.3) is 0 Å². The fourth-order valence-corrected chi connectivity index (χ4v) is 2.75. The molecule has 0 bridgehead atoms. The molecule has 2 aliphatic rings. The first-order chi connectivity index (χ1) is 8.78. The van der Waals surface area contributed by atoms with Gasteiger partial charge in [0.25, 0.3) is 0 Å². The molecule has 19 heavy (non-hydrogen) atoms. The van der Waals surface area contributed by atoms with E-state index in [-0.39, 0.29) is 6.04 Å². The minimum atomic E-state index is -0.962. The first kappa shape index (κ1) is 14.1. The molecule has 0 aromatic carbocycles. The standard InChI is InChI=1S/C13H22N2O4/c1-13(2,3)19-12(18)15-7-9-5-4-6-14(9)8-10(15)11(16)17/h9-10H,4-8H2,1-3H3,(H,16,17)/t9-,10+/m1/s1. The quantitative estimate of drug-likeness (QED) is 0.774. The summed E-state index contributed by atoms with van der Waals surface area (Å²) in [7, 11) is 0. The van der Waals surface area contributed by atoms with Crippen LogP contribution in [-0.2, 0) is 9.53 Å². The van der Waals surface area contributed by atoms with Crippen molar-refractivity contribution < 1.29 is 19.4 Å². The maximum atomic E-state index is 12.1. The van der Waals surface area contributed by atoms with Crippen LogP contribution in [0, 0.1) is 0 Å². The second-order valence-corrected chi connectivity index (χ2v) is 6.28. The number of amides is 1. The molecule has 0 saturated carbocycles. The summed E-state index contributed by atoms with van der Waals surface area (Å²) >= 11 is 0. The van der Waals surface area contributed by atoms with Gasteiger partial charge in [-0.1, -0.05) is 0 Å². The number of hydrogen-bond acceptors (Lipinski definition) is 4. The van der Waals surface area contributed by atoms with Gasteiger partial charge in [-0.15, -0.1) is 0 Å². The fourth-order valence-electron chi connectivity index (χ4n) is 2.75. The summed E-state index contributed by atoms with van der Waals surface area (Å²) < 4.78 is 5.31. The van der Waals surface area contributed by atoms with E-state index in [0.717, 1.165) is 19.4 Å². The molecular formula is C13H22N2O4. The van der Waals surface area contributed by atoms with E-state index in [4.69, 9.17) is 4.74 Å². The molecule has 108 valence electrons. The number of carbonyl (C=O) groups excluding carboxylic acids is 1. The van der Waals surface area contributed by atoms with Gasteiger partial charge >= 0.3 is 12.1 Å². The zero-order chi connectivity index (χ0) is 14.2. The van der Waals surface area contributed by atoms with Crippen molar-refractivity contribution in [2.45, 2.75) is 51.3 Å². The third kappa shape index (κ3) is 3.18. The van der Waals surface area contributed by atoms with Crippen LogP contribution in [0.2, 0.25) is 0 Å². The lowest BCUT2D eigenvalue weighted by Crippen LogP contribution is -2.61. The third-order valence-electron chi connectivity index (χ3n) is 3.60. The average molecular weight is 270 g/mol. The molecule has 2 heterocycles. The Morgan fingerprint density at radius 1 is 1.26 bits per heavy atom. The molecule has 2 fully saturated rings. The van der Waals surface area contributed by atoms with Crippen LogP contribution in [0.3, 0.4) is 0 Å². The second kappa shape index (κ2) is 5.00. The van der Waals surface area contributed by atoms with Crippen molar-refractivity contribution in [1.82, 2.24) is 9.80 Å². The minimum absolute atomic E-state index is 0.281. The molecule has 2 rings (SSSR count). The van der Waals surface area contributed by atoms with Crippen molar-refractivity contribution in [2.24, 2.45) is 0 Å². The number of carboxylic acid groups (broad SMARTS) is 1. The Bertz CT molecular complexity index is 377. The van der Waals surface area contributed by atoms with Crippen molar-refractivity contribution in [2.75, 3.05) is 19.6 Å². The van der Waals surface area contributed by atoms with Gasteiger partial charge in [0.15, 0.2) is 0 Å². The molecule has 0 aromatic heterocycles. The predicted molar refractivity (Wildman–Crippen MR) is 69.0 cm³/mol. The lowest BCUT2D eigenvalue weighted by molar-refractivity contribution is -0.146.